The average Bonchev–Trinajstić information content (AvgIpc) is 2.74. The van der Waals surface area contributed by atoms with Gasteiger partial charge in [0.25, 0.3) is 0 Å². The maximum Gasteiger partial charge on any atom is 0.194 e. The van der Waals surface area contributed by atoms with Gasteiger partial charge in [0.2, 0.25) is 0 Å². The van der Waals surface area contributed by atoms with Crippen LogP contribution in [0.25, 0.3) is 0 Å². The Hall–Kier alpha value is -1.51. The van der Waals surface area contributed by atoms with E-state index in [4.69, 9.17) is 0 Å². The van der Waals surface area contributed by atoms with E-state index in [0.717, 1.165) is 32.1 Å². The van der Waals surface area contributed by atoms with Crippen molar-refractivity contribution < 1.29 is 0 Å². The van der Waals surface area contributed by atoms with Gasteiger partial charge in [-0.1, -0.05) is 29.8 Å². The van der Waals surface area contributed by atoms with E-state index in [-0.39, 0.29) is 0 Å². The number of rotatable bonds is 3. The molecule has 0 spiro atoms. The van der Waals surface area contributed by atoms with E-state index in [2.05, 4.69) is 53.3 Å². The summed E-state index contributed by atoms with van der Waals surface area (Å²) >= 11 is 0. The van der Waals surface area contributed by atoms with E-state index >= 15 is 0 Å². The van der Waals surface area contributed by atoms with Crippen molar-refractivity contribution in [2.75, 3.05) is 19.6 Å². The van der Waals surface area contributed by atoms with Crippen LogP contribution in [0.4, 0.5) is 0 Å². The van der Waals surface area contributed by atoms with Gasteiger partial charge in [0, 0.05) is 19.6 Å². The van der Waals surface area contributed by atoms with Crippen LogP contribution < -0.4 is 5.32 Å². The molecule has 16 heavy (non-hydrogen) atoms. The molecule has 86 valence electrons. The summed E-state index contributed by atoms with van der Waals surface area (Å²) in [6.07, 6.45) is 0. The van der Waals surface area contributed by atoms with Crippen LogP contribution in [-0.2, 0) is 6.54 Å². The van der Waals surface area contributed by atoms with Crippen LogP contribution in [0, 0.1) is 6.92 Å². The highest BCUT2D eigenvalue weighted by molar-refractivity contribution is 5.81. The minimum absolute atomic E-state index is 0.858. The molecule has 1 aromatic rings. The zero-order valence-corrected chi connectivity index (χ0v) is 10.0. The molecule has 1 N–H and O–H groups in total. The van der Waals surface area contributed by atoms with Crippen LogP contribution in [0.1, 0.15) is 18.1 Å². The first-order chi connectivity index (χ1) is 7.79. The largest absolute Gasteiger partial charge is 0.352 e. The van der Waals surface area contributed by atoms with E-state index in [1.807, 2.05) is 0 Å². The highest BCUT2D eigenvalue weighted by atomic mass is 15.3. The van der Waals surface area contributed by atoms with E-state index in [1.54, 1.807) is 0 Å². The summed E-state index contributed by atoms with van der Waals surface area (Å²) < 4.78 is 0. The lowest BCUT2D eigenvalue weighted by molar-refractivity contribution is 0.466. The van der Waals surface area contributed by atoms with Gasteiger partial charge >= 0.3 is 0 Å². The van der Waals surface area contributed by atoms with Crippen molar-refractivity contribution in [3.8, 4) is 0 Å². The predicted molar refractivity (Wildman–Crippen MR) is 67.6 cm³/mol. The highest BCUT2D eigenvalue weighted by Gasteiger charge is 2.13. The number of guanidine groups is 1. The van der Waals surface area contributed by atoms with Crippen LogP contribution in [0.5, 0.6) is 0 Å². The first kappa shape index (κ1) is 11.0. The molecule has 0 aliphatic carbocycles. The normalized spacial score (nSPS) is 15.1. The lowest BCUT2D eigenvalue weighted by Gasteiger charge is -2.18. The van der Waals surface area contributed by atoms with Crippen molar-refractivity contribution in [1.82, 2.24) is 10.2 Å². The second-order valence-corrected chi connectivity index (χ2v) is 4.13. The predicted octanol–water partition coefficient (Wildman–Crippen LogP) is 1.78. The third kappa shape index (κ3) is 2.54. The first-order valence-electron chi connectivity index (χ1n) is 5.88. The molecule has 3 nitrogen and oxygen atoms in total. The molecule has 1 aliphatic heterocycles. The molecule has 1 aromatic carbocycles. The summed E-state index contributed by atoms with van der Waals surface area (Å²) in [7, 11) is 0. The molecule has 1 heterocycles. The molecule has 0 bridgehead atoms. The van der Waals surface area contributed by atoms with Gasteiger partial charge in [-0.05, 0) is 19.4 Å². The Balaban J connectivity index is 1.92. The molecule has 0 atom stereocenters. The van der Waals surface area contributed by atoms with E-state index in [0.29, 0.717) is 0 Å². The van der Waals surface area contributed by atoms with Gasteiger partial charge in [-0.2, -0.15) is 0 Å². The molecular weight excluding hydrogens is 198 g/mol. The molecule has 0 saturated carbocycles. The number of hydrogen-bond acceptors (Lipinski definition) is 3. The van der Waals surface area contributed by atoms with Crippen LogP contribution in [-0.4, -0.2) is 30.5 Å². The second kappa shape index (κ2) is 5.01. The molecule has 0 amide bonds. The zero-order valence-electron chi connectivity index (χ0n) is 10.0. The Morgan fingerprint density at radius 1 is 1.44 bits per heavy atom. The lowest BCUT2D eigenvalue weighted by Crippen LogP contribution is -2.37. The molecule has 0 unspecified atom stereocenters. The molecule has 1 aliphatic rings. The minimum atomic E-state index is 0.858. The number of likely N-dealkylation sites (N-methyl/N-ethyl adjacent to an activating group) is 1. The quantitative estimate of drug-likeness (QED) is 0.835. The number of aliphatic imine (C=N–C) groups is 1. The molecule has 0 radical (unpaired) electrons. The molecule has 3 heteroatoms. The van der Waals surface area contributed by atoms with Gasteiger partial charge < -0.3 is 10.2 Å². The van der Waals surface area contributed by atoms with Gasteiger partial charge in [0.1, 0.15) is 0 Å². The summed E-state index contributed by atoms with van der Waals surface area (Å²) in [5, 5.41) is 3.40. The molecule has 0 fully saturated rings. The van der Waals surface area contributed by atoms with Gasteiger partial charge in [-0.25, -0.2) is 0 Å². The summed E-state index contributed by atoms with van der Waals surface area (Å²) in [4.78, 5) is 6.73. The number of nitrogens with one attached hydrogen (secondary N) is 1. The fourth-order valence-corrected chi connectivity index (χ4v) is 1.96. The zero-order chi connectivity index (χ0) is 11.4. The first-order valence-corrected chi connectivity index (χ1v) is 5.88. The smallest absolute Gasteiger partial charge is 0.194 e. The maximum atomic E-state index is 4.46. The Morgan fingerprint density at radius 3 is 3.06 bits per heavy atom. The summed E-state index contributed by atoms with van der Waals surface area (Å²) in [5.74, 6) is 1.05. The van der Waals surface area contributed by atoms with Crippen LogP contribution in [0.2, 0.25) is 0 Å². The lowest BCUT2D eigenvalue weighted by atomic mass is 10.1. The second-order valence-electron chi connectivity index (χ2n) is 4.13. The van der Waals surface area contributed by atoms with E-state index in [1.165, 1.54) is 11.1 Å². The fourth-order valence-electron chi connectivity index (χ4n) is 1.96. The third-order valence-electron chi connectivity index (χ3n) is 2.85. The van der Waals surface area contributed by atoms with E-state index in [9.17, 15) is 0 Å². The molecule has 2 rings (SSSR count). The van der Waals surface area contributed by atoms with Crippen molar-refractivity contribution in [2.24, 2.45) is 4.99 Å². The number of benzene rings is 1. The van der Waals surface area contributed by atoms with Crippen molar-refractivity contribution in [3.63, 3.8) is 0 Å². The SMILES string of the molecule is CCN1CCN=C1NCc1cccc(C)c1. The number of aryl methyl sites for hydroxylation is 1. The number of nitrogens with zero attached hydrogens (tertiary/aromatic N) is 2. The standard InChI is InChI=1S/C13H19N3/c1-3-16-8-7-14-13(16)15-10-12-6-4-5-11(2)9-12/h4-6,9H,3,7-8,10H2,1-2H3,(H,14,15). The van der Waals surface area contributed by atoms with Crippen LogP contribution in [0.15, 0.2) is 29.3 Å². The van der Waals surface area contributed by atoms with E-state index < -0.39 is 0 Å². The summed E-state index contributed by atoms with van der Waals surface area (Å²) in [5.41, 5.74) is 2.62. The number of hydrogen-bond donors (Lipinski definition) is 1. The highest BCUT2D eigenvalue weighted by Crippen LogP contribution is 2.05. The van der Waals surface area contributed by atoms with Crippen molar-refractivity contribution in [3.05, 3.63) is 35.4 Å². The molecule has 0 saturated heterocycles. The average molecular weight is 217 g/mol. The Bertz CT molecular complexity index is 385. The summed E-state index contributed by atoms with van der Waals surface area (Å²) in [6, 6.07) is 8.57. The van der Waals surface area contributed by atoms with Gasteiger partial charge in [-0.3, -0.25) is 4.99 Å². The monoisotopic (exact) mass is 217 g/mol. The topological polar surface area (TPSA) is 27.6 Å². The summed E-state index contributed by atoms with van der Waals surface area (Å²) in [6.45, 7) is 8.14. The van der Waals surface area contributed by atoms with Crippen molar-refractivity contribution >= 4 is 5.96 Å². The Morgan fingerprint density at radius 2 is 2.31 bits per heavy atom. The van der Waals surface area contributed by atoms with Gasteiger partial charge in [-0.15, -0.1) is 0 Å². The van der Waals surface area contributed by atoms with Crippen molar-refractivity contribution in [1.29, 1.82) is 0 Å². The van der Waals surface area contributed by atoms with Crippen molar-refractivity contribution in [2.45, 2.75) is 20.4 Å². The van der Waals surface area contributed by atoms with Crippen LogP contribution >= 0.6 is 0 Å². The third-order valence-corrected chi connectivity index (χ3v) is 2.85. The maximum absolute atomic E-state index is 4.46. The van der Waals surface area contributed by atoms with Gasteiger partial charge in [0.15, 0.2) is 5.96 Å². The molecular formula is C13H19N3. The van der Waals surface area contributed by atoms with Crippen LogP contribution in [0.3, 0.4) is 0 Å². The Labute approximate surface area is 97.2 Å². The molecule has 0 aromatic heterocycles. The van der Waals surface area contributed by atoms with Gasteiger partial charge in [0.05, 0.1) is 6.54 Å². The Kier molecular flexibility index (Phi) is 3.44. The minimum Gasteiger partial charge on any atom is -0.352 e. The fraction of sp³-hybridized carbons (Fsp3) is 0.462.